The second-order valence-corrected chi connectivity index (χ2v) is 4.94. The number of rotatable bonds is 4. The fourth-order valence-corrected chi connectivity index (χ4v) is 2.07. The zero-order valence-electron chi connectivity index (χ0n) is 10.3. The molecule has 96 valence electrons. The lowest BCUT2D eigenvalue weighted by atomic mass is 10.1. The van der Waals surface area contributed by atoms with Gasteiger partial charge in [0, 0.05) is 25.7 Å². The third-order valence-corrected chi connectivity index (χ3v) is 3.45. The summed E-state index contributed by atoms with van der Waals surface area (Å²) in [6.45, 7) is 0.766. The molecule has 1 heterocycles. The van der Waals surface area contributed by atoms with Gasteiger partial charge >= 0.3 is 5.76 Å². The van der Waals surface area contributed by atoms with Crippen LogP contribution in [-0.2, 0) is 7.05 Å². The van der Waals surface area contributed by atoms with Crippen molar-refractivity contribution in [2.75, 3.05) is 6.54 Å². The van der Waals surface area contributed by atoms with Crippen LogP contribution < -0.4 is 16.8 Å². The average Bonchev–Trinajstić information content (AvgIpc) is 3.15. The van der Waals surface area contributed by atoms with Gasteiger partial charge in [-0.2, -0.15) is 0 Å². The summed E-state index contributed by atoms with van der Waals surface area (Å²) in [6.07, 6.45) is 2.50. The monoisotopic (exact) mass is 247 g/mol. The Morgan fingerprint density at radius 3 is 3.06 bits per heavy atom. The van der Waals surface area contributed by atoms with Gasteiger partial charge in [0.15, 0.2) is 5.58 Å². The van der Waals surface area contributed by atoms with Gasteiger partial charge in [-0.05, 0) is 30.5 Å². The first kappa shape index (κ1) is 11.5. The van der Waals surface area contributed by atoms with Crippen LogP contribution in [-0.4, -0.2) is 17.2 Å². The first-order valence-electron chi connectivity index (χ1n) is 6.23. The maximum atomic E-state index is 11.4. The Hall–Kier alpha value is -1.59. The summed E-state index contributed by atoms with van der Waals surface area (Å²) in [4.78, 5) is 11.4. The quantitative estimate of drug-likeness (QED) is 0.841. The molecule has 1 aromatic heterocycles. The topological polar surface area (TPSA) is 73.2 Å². The van der Waals surface area contributed by atoms with Gasteiger partial charge in [-0.3, -0.25) is 4.57 Å². The Morgan fingerprint density at radius 2 is 2.33 bits per heavy atom. The highest BCUT2D eigenvalue weighted by atomic mass is 16.4. The molecule has 1 saturated carbocycles. The highest BCUT2D eigenvalue weighted by Crippen LogP contribution is 2.21. The van der Waals surface area contributed by atoms with E-state index in [9.17, 15) is 4.79 Å². The Morgan fingerprint density at radius 1 is 1.56 bits per heavy atom. The van der Waals surface area contributed by atoms with Crippen molar-refractivity contribution in [1.29, 1.82) is 0 Å². The maximum Gasteiger partial charge on any atom is 0.419 e. The zero-order valence-corrected chi connectivity index (χ0v) is 10.3. The summed E-state index contributed by atoms with van der Waals surface area (Å²) in [7, 11) is 1.70. The summed E-state index contributed by atoms with van der Waals surface area (Å²) < 4.78 is 6.59. The fraction of sp³-hybridized carbons (Fsp3) is 0.462. The Kier molecular flexibility index (Phi) is 2.72. The van der Waals surface area contributed by atoms with Crippen LogP contribution in [0.5, 0.6) is 0 Å². The van der Waals surface area contributed by atoms with Gasteiger partial charge < -0.3 is 15.5 Å². The first-order chi connectivity index (χ1) is 8.65. The molecule has 5 nitrogen and oxygen atoms in total. The molecule has 0 spiro atoms. The lowest BCUT2D eigenvalue weighted by Gasteiger charge is -2.12. The molecule has 0 bridgehead atoms. The standard InChI is InChI=1S/C13H17N3O2/c1-16-11-6-8(2-5-12(11)18-13(16)17)10(14)7-15-9-3-4-9/h2,5-6,9-10,15H,3-4,7,14H2,1H3. The molecule has 18 heavy (non-hydrogen) atoms. The van der Waals surface area contributed by atoms with E-state index in [4.69, 9.17) is 10.2 Å². The highest BCUT2D eigenvalue weighted by molar-refractivity contribution is 5.73. The molecule has 1 aliphatic rings. The lowest BCUT2D eigenvalue weighted by Crippen LogP contribution is -2.28. The molecule has 0 radical (unpaired) electrons. The molecule has 1 aliphatic carbocycles. The van der Waals surface area contributed by atoms with E-state index in [1.54, 1.807) is 7.05 Å². The highest BCUT2D eigenvalue weighted by Gasteiger charge is 2.21. The van der Waals surface area contributed by atoms with E-state index in [1.807, 2.05) is 18.2 Å². The number of nitrogens with one attached hydrogen (secondary N) is 1. The van der Waals surface area contributed by atoms with Crippen LogP contribution in [0.2, 0.25) is 0 Å². The molecular formula is C13H17N3O2. The fourth-order valence-electron chi connectivity index (χ4n) is 2.07. The number of hydrogen-bond acceptors (Lipinski definition) is 4. The van der Waals surface area contributed by atoms with Crippen LogP contribution in [0.1, 0.15) is 24.4 Å². The van der Waals surface area contributed by atoms with Crippen LogP contribution >= 0.6 is 0 Å². The van der Waals surface area contributed by atoms with E-state index in [2.05, 4.69) is 5.32 Å². The number of hydrogen-bond donors (Lipinski definition) is 2. The van der Waals surface area contributed by atoms with Crippen LogP contribution in [0.15, 0.2) is 27.4 Å². The lowest BCUT2D eigenvalue weighted by molar-refractivity contribution is 0.528. The Bertz CT molecular complexity index is 625. The molecule has 2 aromatic rings. The van der Waals surface area contributed by atoms with Crippen molar-refractivity contribution in [2.24, 2.45) is 12.8 Å². The molecule has 1 fully saturated rings. The third-order valence-electron chi connectivity index (χ3n) is 3.45. The number of nitrogens with zero attached hydrogens (tertiary/aromatic N) is 1. The molecule has 0 aliphatic heterocycles. The van der Waals surface area contributed by atoms with Crippen LogP contribution in [0.4, 0.5) is 0 Å². The molecule has 3 rings (SSSR count). The van der Waals surface area contributed by atoms with Crippen LogP contribution in [0.25, 0.3) is 11.1 Å². The van der Waals surface area contributed by atoms with Crippen LogP contribution in [0, 0.1) is 0 Å². The number of aryl methyl sites for hydroxylation is 1. The molecule has 1 aromatic carbocycles. The summed E-state index contributed by atoms with van der Waals surface area (Å²) in [6, 6.07) is 6.26. The van der Waals surface area contributed by atoms with Crippen molar-refractivity contribution >= 4 is 11.1 Å². The van der Waals surface area contributed by atoms with Crippen molar-refractivity contribution in [2.45, 2.75) is 24.9 Å². The summed E-state index contributed by atoms with van der Waals surface area (Å²) >= 11 is 0. The van der Waals surface area contributed by atoms with Crippen molar-refractivity contribution in [3.63, 3.8) is 0 Å². The largest absolute Gasteiger partial charge is 0.419 e. The third kappa shape index (κ3) is 2.07. The van der Waals surface area contributed by atoms with E-state index in [-0.39, 0.29) is 11.8 Å². The van der Waals surface area contributed by atoms with E-state index >= 15 is 0 Å². The molecule has 0 saturated heterocycles. The molecule has 1 unspecified atom stereocenters. The van der Waals surface area contributed by atoms with Gasteiger partial charge in [0.2, 0.25) is 0 Å². The summed E-state index contributed by atoms with van der Waals surface area (Å²) in [5.74, 6) is -0.341. The predicted molar refractivity (Wildman–Crippen MR) is 69.4 cm³/mol. The van der Waals surface area contributed by atoms with Gasteiger partial charge in [-0.15, -0.1) is 0 Å². The van der Waals surface area contributed by atoms with Crippen molar-refractivity contribution in [3.05, 3.63) is 34.3 Å². The number of aromatic nitrogens is 1. The van der Waals surface area contributed by atoms with Gasteiger partial charge in [0.05, 0.1) is 5.52 Å². The van der Waals surface area contributed by atoms with Crippen LogP contribution in [0.3, 0.4) is 0 Å². The van der Waals surface area contributed by atoms with Crippen molar-refractivity contribution in [3.8, 4) is 0 Å². The summed E-state index contributed by atoms with van der Waals surface area (Å²) in [5, 5.41) is 3.41. The second-order valence-electron chi connectivity index (χ2n) is 4.94. The number of fused-ring (bicyclic) bond motifs is 1. The summed E-state index contributed by atoms with van der Waals surface area (Å²) in [5.41, 5.74) is 8.56. The minimum atomic E-state index is -0.341. The molecule has 1 atom stereocenters. The molecule has 5 heteroatoms. The van der Waals surface area contributed by atoms with E-state index in [0.717, 1.165) is 17.6 Å². The Balaban J connectivity index is 1.86. The van der Waals surface area contributed by atoms with Crippen molar-refractivity contribution < 1.29 is 4.42 Å². The molecule has 3 N–H and O–H groups in total. The van der Waals surface area contributed by atoms with Gasteiger partial charge in [-0.1, -0.05) is 6.07 Å². The zero-order chi connectivity index (χ0) is 12.7. The normalized spacial score (nSPS) is 17.2. The van der Waals surface area contributed by atoms with E-state index in [1.165, 1.54) is 17.4 Å². The molecule has 0 amide bonds. The molecular weight excluding hydrogens is 230 g/mol. The first-order valence-corrected chi connectivity index (χ1v) is 6.23. The number of oxazole rings is 1. The van der Waals surface area contributed by atoms with Crippen molar-refractivity contribution in [1.82, 2.24) is 9.88 Å². The van der Waals surface area contributed by atoms with E-state index in [0.29, 0.717) is 11.6 Å². The minimum Gasteiger partial charge on any atom is -0.408 e. The SMILES string of the molecule is Cn1c(=O)oc2ccc(C(N)CNC3CC3)cc21. The smallest absolute Gasteiger partial charge is 0.408 e. The van der Waals surface area contributed by atoms with Gasteiger partial charge in [0.1, 0.15) is 0 Å². The number of nitrogens with two attached hydrogens (primary N) is 1. The minimum absolute atomic E-state index is 0.0556. The number of benzene rings is 1. The Labute approximate surface area is 105 Å². The average molecular weight is 247 g/mol. The van der Waals surface area contributed by atoms with E-state index < -0.39 is 0 Å². The van der Waals surface area contributed by atoms with Gasteiger partial charge in [0.25, 0.3) is 0 Å². The maximum absolute atomic E-state index is 11.4. The predicted octanol–water partition coefficient (Wildman–Crippen LogP) is 0.883. The second kappa shape index (κ2) is 4.26. The van der Waals surface area contributed by atoms with Gasteiger partial charge in [-0.25, -0.2) is 4.79 Å².